The molecule has 0 spiro atoms. The molecule has 2 aromatic heterocycles. The van der Waals surface area contributed by atoms with Crippen LogP contribution in [0.3, 0.4) is 0 Å². The molecule has 0 bridgehead atoms. The fourth-order valence-corrected chi connectivity index (χ4v) is 3.26. The van der Waals surface area contributed by atoms with Crippen LogP contribution in [0.5, 0.6) is 11.5 Å². The summed E-state index contributed by atoms with van der Waals surface area (Å²) in [6.45, 7) is 6.36. The van der Waals surface area contributed by atoms with Crippen LogP contribution in [-0.2, 0) is 14.3 Å². The molecule has 1 aliphatic heterocycles. The van der Waals surface area contributed by atoms with Gasteiger partial charge in [0.25, 0.3) is 11.7 Å². The van der Waals surface area contributed by atoms with Crippen LogP contribution < -0.4 is 9.47 Å². The van der Waals surface area contributed by atoms with E-state index in [2.05, 4.69) is 20.2 Å². The summed E-state index contributed by atoms with van der Waals surface area (Å²) >= 11 is 0. The van der Waals surface area contributed by atoms with E-state index in [9.17, 15) is 9.59 Å². The van der Waals surface area contributed by atoms with Crippen molar-refractivity contribution in [2.24, 2.45) is 5.10 Å². The standard InChI is InChI=1S/C20H20N6O5/c1-10-9-11(2)25-20(21-10)22-17(23-25)18-24-26(12(3)27)19(31-18)14-7-6-8-15(29-5)16(14)30-13(4)28/h6-9,19H,1-5H3. The molecule has 0 aliphatic carbocycles. The predicted octanol–water partition coefficient (Wildman–Crippen LogP) is 1.91. The third-order valence-corrected chi connectivity index (χ3v) is 4.52. The van der Waals surface area contributed by atoms with Gasteiger partial charge in [0.2, 0.25) is 18.0 Å². The Labute approximate surface area is 177 Å². The summed E-state index contributed by atoms with van der Waals surface area (Å²) < 4.78 is 18.2. The number of hydrogen-bond donors (Lipinski definition) is 0. The van der Waals surface area contributed by atoms with Crippen molar-refractivity contribution in [1.82, 2.24) is 24.6 Å². The highest BCUT2D eigenvalue weighted by Gasteiger charge is 2.37. The van der Waals surface area contributed by atoms with Crippen molar-refractivity contribution in [3.05, 3.63) is 47.0 Å². The van der Waals surface area contributed by atoms with Crippen molar-refractivity contribution in [2.75, 3.05) is 7.11 Å². The van der Waals surface area contributed by atoms with Gasteiger partial charge >= 0.3 is 5.97 Å². The predicted molar refractivity (Wildman–Crippen MR) is 107 cm³/mol. The summed E-state index contributed by atoms with van der Waals surface area (Å²) in [4.78, 5) is 32.7. The van der Waals surface area contributed by atoms with E-state index in [1.54, 1.807) is 22.7 Å². The van der Waals surface area contributed by atoms with E-state index in [0.717, 1.165) is 16.4 Å². The average Bonchev–Trinajstić information content (AvgIpc) is 3.32. The van der Waals surface area contributed by atoms with Gasteiger partial charge < -0.3 is 14.2 Å². The molecule has 0 saturated heterocycles. The number of hydrazone groups is 1. The first kappa shape index (κ1) is 20.3. The topological polar surface area (TPSA) is 121 Å². The minimum atomic E-state index is -1.00. The van der Waals surface area contributed by atoms with E-state index in [1.807, 2.05) is 19.9 Å². The van der Waals surface area contributed by atoms with Gasteiger partial charge in [0.1, 0.15) is 0 Å². The van der Waals surface area contributed by atoms with E-state index in [1.165, 1.54) is 21.0 Å². The summed E-state index contributed by atoms with van der Waals surface area (Å²) in [5.41, 5.74) is 2.02. The Morgan fingerprint density at radius 3 is 2.61 bits per heavy atom. The molecule has 1 aromatic carbocycles. The lowest BCUT2D eigenvalue weighted by molar-refractivity contribution is -0.135. The Bertz CT molecular complexity index is 1230. The Morgan fingerprint density at radius 2 is 1.94 bits per heavy atom. The number of carbonyl (C=O) groups excluding carboxylic acids is 2. The first-order chi connectivity index (χ1) is 14.8. The van der Waals surface area contributed by atoms with Gasteiger partial charge in [-0.2, -0.15) is 9.99 Å². The third kappa shape index (κ3) is 3.65. The largest absolute Gasteiger partial charge is 0.493 e. The Hall–Kier alpha value is -4.02. The van der Waals surface area contributed by atoms with E-state index in [4.69, 9.17) is 14.2 Å². The van der Waals surface area contributed by atoms with Gasteiger partial charge in [0, 0.05) is 25.2 Å². The minimum absolute atomic E-state index is 0.0411. The summed E-state index contributed by atoms with van der Waals surface area (Å²) in [6.07, 6.45) is -1.00. The molecule has 11 nitrogen and oxygen atoms in total. The minimum Gasteiger partial charge on any atom is -0.493 e. The van der Waals surface area contributed by atoms with Gasteiger partial charge in [-0.05, 0) is 32.0 Å². The quantitative estimate of drug-likeness (QED) is 0.460. The number of nitrogens with zero attached hydrogens (tertiary/aromatic N) is 6. The van der Waals surface area contributed by atoms with Crippen LogP contribution in [0.1, 0.15) is 42.9 Å². The van der Waals surface area contributed by atoms with E-state index < -0.39 is 12.2 Å². The zero-order valence-electron chi connectivity index (χ0n) is 17.6. The molecule has 0 fully saturated rings. The van der Waals surface area contributed by atoms with E-state index in [-0.39, 0.29) is 23.4 Å². The monoisotopic (exact) mass is 424 g/mol. The number of para-hydroxylation sites is 1. The first-order valence-corrected chi connectivity index (χ1v) is 9.40. The number of ether oxygens (including phenoxy) is 3. The van der Waals surface area contributed by atoms with Crippen LogP contribution in [-0.4, -0.2) is 49.5 Å². The maximum Gasteiger partial charge on any atom is 0.308 e. The zero-order valence-corrected chi connectivity index (χ0v) is 17.6. The second-order valence-electron chi connectivity index (χ2n) is 6.90. The number of esters is 1. The summed E-state index contributed by atoms with van der Waals surface area (Å²) in [7, 11) is 1.45. The van der Waals surface area contributed by atoms with Crippen molar-refractivity contribution < 1.29 is 23.8 Å². The highest BCUT2D eigenvalue weighted by atomic mass is 16.6. The smallest absolute Gasteiger partial charge is 0.308 e. The fourth-order valence-electron chi connectivity index (χ4n) is 3.26. The van der Waals surface area contributed by atoms with Gasteiger partial charge in [-0.3, -0.25) is 9.59 Å². The van der Waals surface area contributed by atoms with Gasteiger partial charge in [0.05, 0.1) is 12.7 Å². The van der Waals surface area contributed by atoms with Crippen molar-refractivity contribution in [2.45, 2.75) is 33.9 Å². The first-order valence-electron chi connectivity index (χ1n) is 9.40. The normalized spacial score (nSPS) is 15.6. The number of fused-ring (bicyclic) bond motifs is 1. The van der Waals surface area contributed by atoms with Gasteiger partial charge in [-0.25, -0.2) is 9.50 Å². The molecule has 3 heterocycles. The van der Waals surface area contributed by atoms with Crippen LogP contribution in [0.25, 0.3) is 5.78 Å². The molecule has 1 atom stereocenters. The Kier molecular flexibility index (Phi) is 5.01. The maximum absolute atomic E-state index is 12.3. The van der Waals surface area contributed by atoms with E-state index >= 15 is 0 Å². The van der Waals surface area contributed by atoms with Gasteiger partial charge in [-0.1, -0.05) is 6.07 Å². The van der Waals surface area contributed by atoms with Crippen molar-refractivity contribution in [3.8, 4) is 11.5 Å². The lowest BCUT2D eigenvalue weighted by atomic mass is 10.1. The molecule has 0 radical (unpaired) electrons. The van der Waals surface area contributed by atoms with E-state index in [0.29, 0.717) is 17.1 Å². The van der Waals surface area contributed by atoms with Crippen LogP contribution in [0, 0.1) is 13.8 Å². The highest BCUT2D eigenvalue weighted by molar-refractivity contribution is 5.93. The molecular weight excluding hydrogens is 404 g/mol. The molecule has 31 heavy (non-hydrogen) atoms. The molecule has 1 aliphatic rings. The van der Waals surface area contributed by atoms with Crippen LogP contribution >= 0.6 is 0 Å². The Balaban J connectivity index is 1.77. The second kappa shape index (κ2) is 7.67. The molecule has 1 amide bonds. The third-order valence-electron chi connectivity index (χ3n) is 4.52. The van der Waals surface area contributed by atoms with Gasteiger partial charge in [0.15, 0.2) is 11.5 Å². The van der Waals surface area contributed by atoms with Crippen molar-refractivity contribution >= 4 is 23.6 Å². The summed E-state index contributed by atoms with van der Waals surface area (Å²) in [6, 6.07) is 6.86. The molecule has 3 aromatic rings. The number of amides is 1. The number of aromatic nitrogens is 4. The number of rotatable bonds is 4. The summed E-state index contributed by atoms with van der Waals surface area (Å²) in [5.74, 6) is 0.129. The lowest BCUT2D eigenvalue weighted by Gasteiger charge is -2.22. The maximum atomic E-state index is 12.3. The number of benzene rings is 1. The number of hydrogen-bond acceptors (Lipinski definition) is 9. The molecule has 160 valence electrons. The number of carbonyl (C=O) groups is 2. The van der Waals surface area contributed by atoms with Crippen LogP contribution in [0.4, 0.5) is 0 Å². The molecular formula is C20H20N6O5. The Morgan fingerprint density at radius 1 is 1.16 bits per heavy atom. The molecule has 0 N–H and O–H groups in total. The lowest BCUT2D eigenvalue weighted by Crippen LogP contribution is -2.26. The molecule has 1 unspecified atom stereocenters. The van der Waals surface area contributed by atoms with Crippen LogP contribution in [0.2, 0.25) is 0 Å². The molecule has 11 heteroatoms. The fraction of sp³-hybridized carbons (Fsp3) is 0.300. The highest BCUT2D eigenvalue weighted by Crippen LogP contribution is 2.40. The summed E-state index contributed by atoms with van der Waals surface area (Å²) in [5, 5.41) is 9.80. The average molecular weight is 424 g/mol. The van der Waals surface area contributed by atoms with Crippen LogP contribution in [0.15, 0.2) is 29.4 Å². The zero-order chi connectivity index (χ0) is 22.3. The molecule has 0 saturated carbocycles. The SMILES string of the molecule is COc1cccc(C2OC(c3nc4nc(C)cc(C)n4n3)=NN2C(C)=O)c1OC(C)=O. The second-order valence-corrected chi connectivity index (χ2v) is 6.90. The number of aryl methyl sites for hydroxylation is 2. The van der Waals surface area contributed by atoms with Crippen molar-refractivity contribution in [3.63, 3.8) is 0 Å². The molecule has 4 rings (SSSR count). The van der Waals surface area contributed by atoms with Crippen molar-refractivity contribution in [1.29, 1.82) is 0 Å². The van der Waals surface area contributed by atoms with Gasteiger partial charge in [-0.15, -0.1) is 10.2 Å². The number of methoxy groups -OCH3 is 1.